The molecule has 2 aromatic heterocycles. The van der Waals surface area contributed by atoms with Gasteiger partial charge in [-0.3, -0.25) is 9.69 Å². The molecule has 0 unspecified atom stereocenters. The van der Waals surface area contributed by atoms with Crippen LogP contribution >= 0.6 is 0 Å². The summed E-state index contributed by atoms with van der Waals surface area (Å²) < 4.78 is 11.1. The number of rotatable bonds is 6. The molecule has 34 heavy (non-hydrogen) atoms. The van der Waals surface area contributed by atoms with Crippen molar-refractivity contribution in [3.63, 3.8) is 0 Å². The number of carboxylic acid groups (broad SMARTS) is 1. The summed E-state index contributed by atoms with van der Waals surface area (Å²) in [6.07, 6.45) is 4.89. The fourth-order valence-electron chi connectivity index (χ4n) is 4.15. The van der Waals surface area contributed by atoms with Gasteiger partial charge in [-0.15, -0.1) is 0 Å². The molecule has 1 aromatic carbocycles. The van der Waals surface area contributed by atoms with Crippen LogP contribution in [0.1, 0.15) is 16.7 Å². The number of aromatic nitrogens is 2. The number of allylic oxidation sites excluding steroid dienone is 1. The first-order chi connectivity index (χ1) is 16.5. The van der Waals surface area contributed by atoms with Gasteiger partial charge in [0, 0.05) is 48.7 Å². The number of aromatic amines is 1. The van der Waals surface area contributed by atoms with Crippen molar-refractivity contribution in [3.05, 3.63) is 76.6 Å². The average molecular weight is 460 g/mol. The molecular weight excluding hydrogens is 436 g/mol. The molecule has 3 aromatic rings. The maximum absolute atomic E-state index is 12.9. The Hall–Kier alpha value is -3.95. The molecule has 1 fully saturated rings. The summed E-state index contributed by atoms with van der Waals surface area (Å²) in [6.45, 7) is 6.01. The molecule has 1 saturated heterocycles. The number of anilines is 1. The number of carbonyl (C=O) groups excluding carboxylic acids is 1. The standard InChI is InChI=1S/C25H24N4O5/c1-15-11-16(14-29-7-9-33-10-8-29)4-5-19(15)28-24-21(25(31)32)22(30)20(34-24)12-17-13-27-23-18(17)3-2-6-26-23/h2-6,11-13,28H,7-10,14H2,1H3,(H,26,27)(H,31,32). The van der Waals surface area contributed by atoms with E-state index in [4.69, 9.17) is 9.47 Å². The lowest BCUT2D eigenvalue weighted by Crippen LogP contribution is -2.35. The Balaban J connectivity index is 1.38. The third-order valence-corrected chi connectivity index (χ3v) is 5.92. The van der Waals surface area contributed by atoms with Crippen LogP contribution in [-0.2, 0) is 25.6 Å². The Morgan fingerprint density at radius 3 is 2.88 bits per heavy atom. The Kier molecular flexibility index (Phi) is 5.87. The maximum atomic E-state index is 12.9. The van der Waals surface area contributed by atoms with Crippen molar-refractivity contribution >= 4 is 34.5 Å². The van der Waals surface area contributed by atoms with E-state index >= 15 is 0 Å². The summed E-state index contributed by atoms with van der Waals surface area (Å²) in [6, 6.07) is 9.55. The molecule has 0 amide bonds. The maximum Gasteiger partial charge on any atom is 0.345 e. The number of nitrogens with zero attached hydrogens (tertiary/aromatic N) is 2. The van der Waals surface area contributed by atoms with E-state index in [0.717, 1.165) is 49.4 Å². The molecule has 4 heterocycles. The molecule has 0 radical (unpaired) electrons. The van der Waals surface area contributed by atoms with Gasteiger partial charge >= 0.3 is 5.97 Å². The largest absolute Gasteiger partial charge is 0.477 e. The highest BCUT2D eigenvalue weighted by atomic mass is 16.5. The fourth-order valence-corrected chi connectivity index (χ4v) is 4.15. The minimum atomic E-state index is -1.35. The highest BCUT2D eigenvalue weighted by Gasteiger charge is 2.36. The fraction of sp³-hybridized carbons (Fsp3) is 0.240. The van der Waals surface area contributed by atoms with Crippen molar-refractivity contribution in [1.29, 1.82) is 0 Å². The highest BCUT2D eigenvalue weighted by molar-refractivity contribution is 6.26. The lowest BCUT2D eigenvalue weighted by Gasteiger charge is -2.26. The summed E-state index contributed by atoms with van der Waals surface area (Å²) in [5.74, 6) is -2.19. The number of morpholine rings is 1. The van der Waals surface area contributed by atoms with E-state index < -0.39 is 17.3 Å². The van der Waals surface area contributed by atoms with Gasteiger partial charge in [0.05, 0.1) is 13.2 Å². The van der Waals surface area contributed by atoms with E-state index in [1.165, 1.54) is 6.08 Å². The molecule has 5 rings (SSSR count). The zero-order valence-electron chi connectivity index (χ0n) is 18.6. The number of Topliss-reactive ketones (excluding diaryl/α,β-unsaturated/α-hetero) is 1. The number of ketones is 1. The zero-order chi connectivity index (χ0) is 23.7. The number of aryl methyl sites for hydroxylation is 1. The van der Waals surface area contributed by atoms with Gasteiger partial charge < -0.3 is 24.9 Å². The van der Waals surface area contributed by atoms with Crippen molar-refractivity contribution in [3.8, 4) is 0 Å². The molecule has 0 atom stereocenters. The first kappa shape index (κ1) is 21.9. The van der Waals surface area contributed by atoms with Crippen LogP contribution < -0.4 is 5.32 Å². The predicted octanol–water partition coefficient (Wildman–Crippen LogP) is 3.05. The third-order valence-electron chi connectivity index (χ3n) is 5.92. The Bertz CT molecular complexity index is 1330. The molecule has 9 heteroatoms. The summed E-state index contributed by atoms with van der Waals surface area (Å²) in [5.41, 5.74) is 3.65. The average Bonchev–Trinajstić information content (AvgIpc) is 3.37. The second-order valence-corrected chi connectivity index (χ2v) is 8.26. The Morgan fingerprint density at radius 2 is 2.12 bits per heavy atom. The molecule has 174 valence electrons. The van der Waals surface area contributed by atoms with Gasteiger partial charge in [0.2, 0.25) is 11.7 Å². The van der Waals surface area contributed by atoms with Gasteiger partial charge in [-0.05, 0) is 42.3 Å². The van der Waals surface area contributed by atoms with E-state index in [9.17, 15) is 14.7 Å². The monoisotopic (exact) mass is 460 g/mol. The van der Waals surface area contributed by atoms with Crippen LogP contribution in [-0.4, -0.2) is 58.0 Å². The van der Waals surface area contributed by atoms with Crippen molar-refractivity contribution in [2.75, 3.05) is 31.6 Å². The second kappa shape index (κ2) is 9.12. The van der Waals surface area contributed by atoms with Crippen molar-refractivity contribution in [2.45, 2.75) is 13.5 Å². The smallest absolute Gasteiger partial charge is 0.345 e. The molecule has 0 saturated carbocycles. The molecule has 0 aliphatic carbocycles. The Morgan fingerprint density at radius 1 is 1.29 bits per heavy atom. The molecule has 9 nitrogen and oxygen atoms in total. The summed E-state index contributed by atoms with van der Waals surface area (Å²) in [7, 11) is 0. The van der Waals surface area contributed by atoms with Crippen molar-refractivity contribution in [2.24, 2.45) is 0 Å². The first-order valence-corrected chi connectivity index (χ1v) is 11.0. The molecule has 0 spiro atoms. The molecule has 2 aliphatic rings. The minimum Gasteiger partial charge on any atom is -0.477 e. The van der Waals surface area contributed by atoms with Gasteiger partial charge in [-0.25, -0.2) is 9.78 Å². The SMILES string of the molecule is Cc1cc(CN2CCOCC2)ccc1NC1=C(C(=O)O)C(=O)C(=Cc2c[nH]c3ncccc23)O1. The van der Waals surface area contributed by atoms with Crippen molar-refractivity contribution < 1.29 is 24.2 Å². The van der Waals surface area contributed by atoms with E-state index in [1.807, 2.05) is 31.2 Å². The number of hydrogen-bond acceptors (Lipinski definition) is 7. The van der Waals surface area contributed by atoms with Crippen LogP contribution in [0.2, 0.25) is 0 Å². The minimum absolute atomic E-state index is 0.0637. The molecular formula is C25H24N4O5. The predicted molar refractivity (Wildman–Crippen MR) is 126 cm³/mol. The number of ether oxygens (including phenoxy) is 2. The normalized spacial score (nSPS) is 18.0. The number of aliphatic carboxylic acids is 1. The molecule has 2 aliphatic heterocycles. The van der Waals surface area contributed by atoms with Crippen LogP contribution in [0.15, 0.2) is 59.9 Å². The summed E-state index contributed by atoms with van der Waals surface area (Å²) in [4.78, 5) is 34.3. The van der Waals surface area contributed by atoms with E-state index in [1.54, 1.807) is 18.5 Å². The zero-order valence-corrected chi connectivity index (χ0v) is 18.6. The van der Waals surface area contributed by atoms with Crippen LogP contribution in [0.3, 0.4) is 0 Å². The third kappa shape index (κ3) is 4.30. The number of H-pyrrole nitrogens is 1. The van der Waals surface area contributed by atoms with E-state index in [2.05, 4.69) is 20.2 Å². The van der Waals surface area contributed by atoms with Crippen LogP contribution in [0.5, 0.6) is 0 Å². The number of hydrogen-bond donors (Lipinski definition) is 3. The summed E-state index contributed by atoms with van der Waals surface area (Å²) in [5, 5.41) is 13.5. The number of fused-ring (bicyclic) bond motifs is 1. The highest BCUT2D eigenvalue weighted by Crippen LogP contribution is 2.30. The first-order valence-electron chi connectivity index (χ1n) is 11.0. The number of benzene rings is 1. The van der Waals surface area contributed by atoms with Gasteiger partial charge in [-0.1, -0.05) is 12.1 Å². The molecule has 0 bridgehead atoms. The van der Waals surface area contributed by atoms with Gasteiger partial charge in [0.15, 0.2) is 11.3 Å². The van der Waals surface area contributed by atoms with Gasteiger partial charge in [0.1, 0.15) is 5.65 Å². The number of pyridine rings is 1. The van der Waals surface area contributed by atoms with Crippen LogP contribution in [0.25, 0.3) is 17.1 Å². The number of carboxylic acids is 1. The lowest BCUT2D eigenvalue weighted by atomic mass is 10.1. The van der Waals surface area contributed by atoms with Gasteiger partial charge in [-0.2, -0.15) is 0 Å². The van der Waals surface area contributed by atoms with E-state index in [-0.39, 0.29) is 11.6 Å². The topological polar surface area (TPSA) is 117 Å². The quantitative estimate of drug-likeness (QED) is 0.380. The van der Waals surface area contributed by atoms with Crippen LogP contribution in [0.4, 0.5) is 5.69 Å². The number of carbonyl (C=O) groups is 2. The number of nitrogens with one attached hydrogen (secondary N) is 2. The summed E-state index contributed by atoms with van der Waals surface area (Å²) >= 11 is 0. The van der Waals surface area contributed by atoms with E-state index in [0.29, 0.717) is 16.9 Å². The van der Waals surface area contributed by atoms with Crippen LogP contribution in [0, 0.1) is 6.92 Å². The lowest BCUT2D eigenvalue weighted by molar-refractivity contribution is -0.134. The van der Waals surface area contributed by atoms with Crippen molar-refractivity contribution in [1.82, 2.24) is 14.9 Å². The molecule has 3 N–H and O–H groups in total. The Labute approximate surface area is 195 Å². The second-order valence-electron chi connectivity index (χ2n) is 8.26. The van der Waals surface area contributed by atoms with Gasteiger partial charge in [0.25, 0.3) is 0 Å².